The fraction of sp³-hybridized carbons (Fsp3) is 0.333. The summed E-state index contributed by atoms with van der Waals surface area (Å²) in [5.74, 6) is -0.167. The molecule has 1 N–H and O–H groups in total. The fourth-order valence-electron chi connectivity index (χ4n) is 1.72. The molecule has 0 radical (unpaired) electrons. The van der Waals surface area contributed by atoms with E-state index in [1.165, 1.54) is 11.8 Å². The average molecular weight is 337 g/mol. The van der Waals surface area contributed by atoms with Crippen LogP contribution < -0.4 is 5.32 Å². The van der Waals surface area contributed by atoms with E-state index < -0.39 is 0 Å². The molecule has 2 aromatic heterocycles. The van der Waals surface area contributed by atoms with Gasteiger partial charge in [0, 0.05) is 17.6 Å². The van der Waals surface area contributed by atoms with Crippen molar-refractivity contribution >= 4 is 35.0 Å². The summed E-state index contributed by atoms with van der Waals surface area (Å²) in [6.45, 7) is 7.67. The van der Waals surface area contributed by atoms with Crippen LogP contribution in [-0.4, -0.2) is 26.1 Å². The van der Waals surface area contributed by atoms with Crippen LogP contribution in [0.1, 0.15) is 23.9 Å². The minimum Gasteiger partial charge on any atom is -0.322 e. The van der Waals surface area contributed by atoms with Crippen molar-refractivity contribution in [3.05, 3.63) is 40.4 Å². The van der Waals surface area contributed by atoms with Crippen LogP contribution in [0.5, 0.6) is 0 Å². The first-order valence-electron chi connectivity index (χ1n) is 6.78. The Morgan fingerprint density at radius 3 is 2.50 bits per heavy atom. The lowest BCUT2D eigenvalue weighted by Gasteiger charge is -2.13. The summed E-state index contributed by atoms with van der Waals surface area (Å²) >= 11 is 7.25. The molecule has 0 saturated carbocycles. The van der Waals surface area contributed by atoms with Gasteiger partial charge in [0.15, 0.2) is 10.3 Å². The minimum absolute atomic E-state index is 0.167. The van der Waals surface area contributed by atoms with Crippen LogP contribution in [0.3, 0.4) is 0 Å². The van der Waals surface area contributed by atoms with Gasteiger partial charge in [0.1, 0.15) is 0 Å². The summed E-state index contributed by atoms with van der Waals surface area (Å²) in [6, 6.07) is 3.43. The van der Waals surface area contributed by atoms with E-state index in [-0.39, 0.29) is 16.3 Å². The van der Waals surface area contributed by atoms with E-state index in [9.17, 15) is 4.79 Å². The molecule has 0 fully saturated rings. The smallest absolute Gasteiger partial charge is 0.237 e. The first-order valence-corrected chi connectivity index (χ1v) is 8.04. The number of carbonyl (C=O) groups is 1. The minimum atomic E-state index is -0.349. The molecule has 5 nitrogen and oxygen atoms in total. The molecular formula is C15H17ClN4OS. The van der Waals surface area contributed by atoms with Crippen molar-refractivity contribution in [2.45, 2.75) is 38.1 Å². The Hall–Kier alpha value is -1.66. The van der Waals surface area contributed by atoms with Gasteiger partial charge in [-0.25, -0.2) is 15.0 Å². The molecule has 1 amide bonds. The zero-order valence-electron chi connectivity index (χ0n) is 12.8. The zero-order valence-corrected chi connectivity index (χ0v) is 14.4. The van der Waals surface area contributed by atoms with Crippen molar-refractivity contribution in [1.29, 1.82) is 0 Å². The summed E-state index contributed by atoms with van der Waals surface area (Å²) in [6.07, 6.45) is 1.57. The second kappa shape index (κ2) is 7.07. The van der Waals surface area contributed by atoms with Gasteiger partial charge in [-0.1, -0.05) is 23.4 Å². The third-order valence-corrected chi connectivity index (χ3v) is 4.54. The summed E-state index contributed by atoms with van der Waals surface area (Å²) in [4.78, 5) is 25.0. The van der Waals surface area contributed by atoms with Gasteiger partial charge in [0.2, 0.25) is 5.91 Å². The van der Waals surface area contributed by atoms with Crippen molar-refractivity contribution in [3.63, 3.8) is 0 Å². The third-order valence-electron chi connectivity index (χ3n) is 3.28. The zero-order chi connectivity index (χ0) is 16.3. The van der Waals surface area contributed by atoms with Gasteiger partial charge in [0.05, 0.1) is 10.9 Å². The number of pyridine rings is 1. The van der Waals surface area contributed by atoms with Crippen LogP contribution in [0.4, 0.5) is 5.69 Å². The summed E-state index contributed by atoms with van der Waals surface area (Å²) in [5, 5.41) is 3.28. The maximum atomic E-state index is 12.2. The summed E-state index contributed by atoms with van der Waals surface area (Å²) < 4.78 is 0. The van der Waals surface area contributed by atoms with Crippen molar-refractivity contribution in [2.24, 2.45) is 0 Å². The molecule has 0 aliphatic rings. The Balaban J connectivity index is 2.07. The van der Waals surface area contributed by atoms with E-state index in [0.29, 0.717) is 10.8 Å². The molecule has 1 atom stereocenters. The first-order chi connectivity index (χ1) is 10.4. The van der Waals surface area contributed by atoms with Gasteiger partial charge in [0.25, 0.3) is 0 Å². The van der Waals surface area contributed by atoms with Crippen LogP contribution in [0.15, 0.2) is 23.5 Å². The fourth-order valence-corrected chi connectivity index (χ4v) is 2.75. The van der Waals surface area contributed by atoms with E-state index in [2.05, 4.69) is 20.3 Å². The Labute approximate surface area is 138 Å². The van der Waals surface area contributed by atoms with Crippen molar-refractivity contribution in [1.82, 2.24) is 15.0 Å². The lowest BCUT2D eigenvalue weighted by molar-refractivity contribution is -0.115. The predicted molar refractivity (Wildman–Crippen MR) is 89.4 cm³/mol. The molecule has 2 aromatic rings. The van der Waals surface area contributed by atoms with Gasteiger partial charge >= 0.3 is 0 Å². The number of hydrogen-bond acceptors (Lipinski definition) is 5. The average Bonchev–Trinajstić information content (AvgIpc) is 2.47. The summed E-state index contributed by atoms with van der Waals surface area (Å²) in [7, 11) is 0. The third kappa shape index (κ3) is 3.96. The number of anilines is 1. The highest BCUT2D eigenvalue weighted by atomic mass is 35.5. The molecule has 7 heteroatoms. The van der Waals surface area contributed by atoms with Gasteiger partial charge in [-0.3, -0.25) is 4.79 Å². The van der Waals surface area contributed by atoms with Crippen molar-refractivity contribution in [3.8, 4) is 0 Å². The Morgan fingerprint density at radius 2 is 1.91 bits per heavy atom. The maximum absolute atomic E-state index is 12.2. The molecule has 0 aliphatic carbocycles. The van der Waals surface area contributed by atoms with Crippen molar-refractivity contribution in [2.75, 3.05) is 5.32 Å². The highest BCUT2D eigenvalue weighted by Crippen LogP contribution is 2.24. The monoisotopic (exact) mass is 336 g/mol. The number of nitrogens with zero attached hydrogens (tertiary/aromatic N) is 3. The topological polar surface area (TPSA) is 67.8 Å². The SMILES string of the molecule is Cc1nc(S[C@H](C)C(=O)Nc2cccnc2Cl)nc(C)c1C. The number of aryl methyl sites for hydroxylation is 2. The second-order valence-electron chi connectivity index (χ2n) is 4.89. The van der Waals surface area contributed by atoms with E-state index in [0.717, 1.165) is 17.0 Å². The lowest BCUT2D eigenvalue weighted by atomic mass is 10.2. The number of rotatable bonds is 4. The van der Waals surface area contributed by atoms with Gasteiger partial charge < -0.3 is 5.32 Å². The highest BCUT2D eigenvalue weighted by molar-refractivity contribution is 8.00. The van der Waals surface area contributed by atoms with E-state index in [1.54, 1.807) is 25.3 Å². The standard InChI is InChI=1S/C15H17ClN4OS/c1-8-9(2)18-15(19-10(8)3)22-11(4)14(21)20-12-6-5-7-17-13(12)16/h5-7,11H,1-4H3,(H,20,21)/t11-/m1/s1. The molecule has 0 spiro atoms. The Kier molecular flexibility index (Phi) is 5.37. The van der Waals surface area contributed by atoms with Crippen LogP contribution in [0, 0.1) is 20.8 Å². The normalized spacial score (nSPS) is 12.0. The van der Waals surface area contributed by atoms with Gasteiger partial charge in [-0.05, 0) is 45.4 Å². The first kappa shape index (κ1) is 16.7. The number of hydrogen-bond donors (Lipinski definition) is 1. The van der Waals surface area contributed by atoms with E-state index in [4.69, 9.17) is 11.6 Å². The molecule has 2 rings (SSSR count). The molecule has 0 saturated heterocycles. The molecule has 0 bridgehead atoms. The van der Waals surface area contributed by atoms with Crippen LogP contribution in [-0.2, 0) is 4.79 Å². The number of amides is 1. The Morgan fingerprint density at radius 1 is 1.27 bits per heavy atom. The van der Waals surface area contributed by atoms with Gasteiger partial charge in [-0.15, -0.1) is 0 Å². The highest BCUT2D eigenvalue weighted by Gasteiger charge is 2.18. The predicted octanol–water partition coefficient (Wildman–Crippen LogP) is 3.57. The summed E-state index contributed by atoms with van der Waals surface area (Å²) in [5.41, 5.74) is 3.43. The molecule has 0 unspecified atom stereocenters. The molecule has 2 heterocycles. The number of nitrogens with one attached hydrogen (secondary N) is 1. The van der Waals surface area contributed by atoms with E-state index in [1.807, 2.05) is 20.8 Å². The van der Waals surface area contributed by atoms with Gasteiger partial charge in [-0.2, -0.15) is 0 Å². The maximum Gasteiger partial charge on any atom is 0.237 e. The number of carbonyl (C=O) groups excluding carboxylic acids is 1. The van der Waals surface area contributed by atoms with Crippen LogP contribution >= 0.6 is 23.4 Å². The molecular weight excluding hydrogens is 320 g/mol. The number of thioether (sulfide) groups is 1. The molecule has 0 aliphatic heterocycles. The second-order valence-corrected chi connectivity index (χ2v) is 6.56. The number of halogens is 1. The van der Waals surface area contributed by atoms with E-state index >= 15 is 0 Å². The molecule has 0 aromatic carbocycles. The van der Waals surface area contributed by atoms with Crippen molar-refractivity contribution < 1.29 is 4.79 Å². The lowest BCUT2D eigenvalue weighted by Crippen LogP contribution is -2.23. The molecule has 116 valence electrons. The molecule has 22 heavy (non-hydrogen) atoms. The largest absolute Gasteiger partial charge is 0.322 e. The van der Waals surface area contributed by atoms with Crippen LogP contribution in [0.2, 0.25) is 5.15 Å². The Bertz CT molecular complexity index is 685. The van der Waals surface area contributed by atoms with Crippen LogP contribution in [0.25, 0.3) is 0 Å². The quantitative estimate of drug-likeness (QED) is 0.525. The number of aromatic nitrogens is 3.